The smallest absolute Gasteiger partial charge is 0.305 e. The van der Waals surface area contributed by atoms with E-state index in [2.05, 4.69) is 19.1 Å². The fourth-order valence-electron chi connectivity index (χ4n) is 4.30. The lowest BCUT2D eigenvalue weighted by Gasteiger charge is -2.28. The Morgan fingerprint density at radius 3 is 2.24 bits per heavy atom. The highest BCUT2D eigenvalue weighted by Gasteiger charge is 2.31. The van der Waals surface area contributed by atoms with Crippen LogP contribution in [0.5, 0.6) is 0 Å². The van der Waals surface area contributed by atoms with Crippen molar-refractivity contribution in [1.82, 2.24) is 4.90 Å². The van der Waals surface area contributed by atoms with Crippen molar-refractivity contribution in [2.24, 2.45) is 5.92 Å². The summed E-state index contributed by atoms with van der Waals surface area (Å²) in [5, 5.41) is 0.374. The Morgan fingerprint density at radius 2 is 1.61 bits per heavy atom. The number of sulfone groups is 1. The molecule has 2 aromatic carbocycles. The Labute approximate surface area is 237 Å². The molecule has 0 aliphatic heterocycles. The van der Waals surface area contributed by atoms with E-state index in [1.807, 2.05) is 18.2 Å². The fourth-order valence-corrected chi connectivity index (χ4v) is 6.27. The Hall–Kier alpha value is -2.09. The molecule has 2 aromatic rings. The van der Waals surface area contributed by atoms with E-state index in [1.54, 1.807) is 4.90 Å². The number of carbonyl (C=O) groups is 2. The topological polar surface area (TPSA) is 80.8 Å². The van der Waals surface area contributed by atoms with Crippen molar-refractivity contribution < 1.29 is 22.7 Å². The highest BCUT2D eigenvalue weighted by Crippen LogP contribution is 2.27. The van der Waals surface area contributed by atoms with Crippen LogP contribution in [-0.2, 0) is 30.6 Å². The molecule has 0 saturated heterocycles. The second-order valence-electron chi connectivity index (χ2n) is 9.50. The van der Waals surface area contributed by atoms with Crippen LogP contribution in [0, 0.1) is 5.92 Å². The molecule has 0 radical (unpaired) electrons. The zero-order chi connectivity index (χ0) is 28.0. The van der Waals surface area contributed by atoms with Gasteiger partial charge in [-0.15, -0.1) is 0 Å². The minimum Gasteiger partial charge on any atom is -0.469 e. The summed E-state index contributed by atoms with van der Waals surface area (Å²) in [7, 11) is -2.59. The second kappa shape index (κ2) is 16.8. The summed E-state index contributed by atoms with van der Waals surface area (Å²) in [5.41, 5.74) is 1.25. The van der Waals surface area contributed by atoms with Gasteiger partial charge in [-0.2, -0.15) is 0 Å². The van der Waals surface area contributed by atoms with E-state index in [4.69, 9.17) is 27.9 Å². The van der Waals surface area contributed by atoms with Crippen LogP contribution in [0.3, 0.4) is 0 Å². The van der Waals surface area contributed by atoms with Gasteiger partial charge < -0.3 is 9.64 Å². The molecule has 1 unspecified atom stereocenters. The zero-order valence-electron chi connectivity index (χ0n) is 22.3. The van der Waals surface area contributed by atoms with Gasteiger partial charge in [0, 0.05) is 19.5 Å². The van der Waals surface area contributed by atoms with Crippen LogP contribution < -0.4 is 0 Å². The SMILES string of the molecule is CCCCCCN(CCCCc1ccccc1)C(=O)C(CCC(=O)OC)CS(=O)(=O)c1ccc(Cl)c(Cl)c1. The van der Waals surface area contributed by atoms with Gasteiger partial charge in [-0.1, -0.05) is 79.7 Å². The number of rotatable bonds is 17. The van der Waals surface area contributed by atoms with Crippen LogP contribution in [0.15, 0.2) is 53.4 Å². The molecule has 0 aromatic heterocycles. The van der Waals surface area contributed by atoms with Gasteiger partial charge in [0.25, 0.3) is 0 Å². The second-order valence-corrected chi connectivity index (χ2v) is 12.3. The first-order valence-corrected chi connectivity index (χ1v) is 15.7. The maximum absolute atomic E-state index is 13.8. The number of nitrogens with zero attached hydrogens (tertiary/aromatic N) is 1. The summed E-state index contributed by atoms with van der Waals surface area (Å²) in [6.07, 6.45) is 6.68. The summed E-state index contributed by atoms with van der Waals surface area (Å²) >= 11 is 12.0. The van der Waals surface area contributed by atoms with Crippen LogP contribution in [0.2, 0.25) is 10.0 Å². The lowest BCUT2D eigenvalue weighted by molar-refractivity contribution is -0.141. The number of hydrogen-bond acceptors (Lipinski definition) is 5. The Balaban J connectivity index is 2.18. The standard InChI is InChI=1S/C29H39Cl2NO5S/c1-3-4-5-10-19-32(20-11-9-14-23-12-7-6-8-13-23)29(34)24(15-18-28(33)37-2)22-38(35,36)25-16-17-26(30)27(31)21-25/h6-8,12-13,16-17,21,24H,3-5,9-11,14-15,18-20,22H2,1-2H3. The molecule has 210 valence electrons. The van der Waals surface area contributed by atoms with Gasteiger partial charge in [0.1, 0.15) is 0 Å². The van der Waals surface area contributed by atoms with Crippen molar-refractivity contribution in [2.45, 2.75) is 69.6 Å². The fraction of sp³-hybridized carbons (Fsp3) is 0.517. The number of amides is 1. The van der Waals surface area contributed by atoms with Crippen molar-refractivity contribution in [3.05, 3.63) is 64.1 Å². The third-order valence-corrected chi connectivity index (χ3v) is 9.08. The molecule has 0 aliphatic rings. The average molecular weight is 585 g/mol. The van der Waals surface area contributed by atoms with Gasteiger partial charge in [-0.05, 0) is 55.9 Å². The van der Waals surface area contributed by atoms with Crippen molar-refractivity contribution >= 4 is 44.9 Å². The van der Waals surface area contributed by atoms with Gasteiger partial charge >= 0.3 is 5.97 Å². The molecular weight excluding hydrogens is 545 g/mol. The van der Waals surface area contributed by atoms with Gasteiger partial charge in [0.15, 0.2) is 9.84 Å². The molecular formula is C29H39Cl2NO5S. The number of unbranched alkanes of at least 4 members (excludes halogenated alkanes) is 4. The van der Waals surface area contributed by atoms with E-state index in [0.717, 1.165) is 44.9 Å². The highest BCUT2D eigenvalue weighted by molar-refractivity contribution is 7.91. The molecule has 0 spiro atoms. The maximum atomic E-state index is 13.8. The molecule has 0 bridgehead atoms. The third kappa shape index (κ3) is 11.0. The zero-order valence-corrected chi connectivity index (χ0v) is 24.7. The summed E-state index contributed by atoms with van der Waals surface area (Å²) in [4.78, 5) is 27.4. The third-order valence-electron chi connectivity index (χ3n) is 6.52. The van der Waals surface area contributed by atoms with Crippen LogP contribution >= 0.6 is 23.2 Å². The van der Waals surface area contributed by atoms with Gasteiger partial charge in [-0.25, -0.2) is 8.42 Å². The molecule has 0 N–H and O–H groups in total. The van der Waals surface area contributed by atoms with Crippen LogP contribution in [0.25, 0.3) is 0 Å². The first kappa shape index (κ1) is 32.1. The first-order valence-electron chi connectivity index (χ1n) is 13.2. The number of halogens is 2. The number of esters is 1. The van der Waals surface area contributed by atoms with Crippen molar-refractivity contribution in [2.75, 3.05) is 26.0 Å². The number of aryl methyl sites for hydroxylation is 1. The summed E-state index contributed by atoms with van der Waals surface area (Å²) in [6.45, 7) is 3.23. The average Bonchev–Trinajstić information content (AvgIpc) is 2.91. The molecule has 9 heteroatoms. The predicted octanol–water partition coefficient (Wildman–Crippen LogP) is 6.77. The quantitative estimate of drug-likeness (QED) is 0.152. The van der Waals surface area contributed by atoms with Gasteiger partial charge in [0.2, 0.25) is 5.91 Å². The van der Waals surface area contributed by atoms with Crippen LogP contribution in [-0.4, -0.2) is 51.1 Å². The molecule has 2 rings (SSSR count). The largest absolute Gasteiger partial charge is 0.469 e. The van der Waals surface area contributed by atoms with Crippen molar-refractivity contribution in [3.63, 3.8) is 0 Å². The predicted molar refractivity (Wildman–Crippen MR) is 153 cm³/mol. The molecule has 1 atom stereocenters. The van der Waals surface area contributed by atoms with Crippen LogP contribution in [0.1, 0.15) is 63.9 Å². The first-order chi connectivity index (χ1) is 18.2. The number of carbonyl (C=O) groups excluding carboxylic acids is 2. The van der Waals surface area contributed by atoms with Gasteiger partial charge in [0.05, 0.1) is 33.7 Å². The van der Waals surface area contributed by atoms with E-state index < -0.39 is 27.5 Å². The van der Waals surface area contributed by atoms with E-state index in [-0.39, 0.29) is 33.7 Å². The summed E-state index contributed by atoms with van der Waals surface area (Å²) in [6, 6.07) is 14.3. The Morgan fingerprint density at radius 1 is 0.921 bits per heavy atom. The van der Waals surface area contributed by atoms with Gasteiger partial charge in [-0.3, -0.25) is 9.59 Å². The normalized spacial score (nSPS) is 12.2. The van der Waals surface area contributed by atoms with Crippen molar-refractivity contribution in [1.29, 1.82) is 0 Å². The lowest BCUT2D eigenvalue weighted by Crippen LogP contribution is -2.40. The monoisotopic (exact) mass is 583 g/mol. The minimum atomic E-state index is -3.86. The molecule has 6 nitrogen and oxygen atoms in total. The molecule has 0 saturated carbocycles. The van der Waals surface area contributed by atoms with Crippen LogP contribution in [0.4, 0.5) is 0 Å². The number of ether oxygens (including phenoxy) is 1. The summed E-state index contributed by atoms with van der Waals surface area (Å²) < 4.78 is 31.3. The molecule has 0 heterocycles. The lowest BCUT2D eigenvalue weighted by atomic mass is 10.0. The highest BCUT2D eigenvalue weighted by atomic mass is 35.5. The van der Waals surface area contributed by atoms with E-state index in [9.17, 15) is 18.0 Å². The molecule has 1 amide bonds. The molecule has 38 heavy (non-hydrogen) atoms. The number of methoxy groups -OCH3 is 1. The van der Waals surface area contributed by atoms with E-state index in [1.165, 1.54) is 30.9 Å². The minimum absolute atomic E-state index is 0.000116. The van der Waals surface area contributed by atoms with E-state index in [0.29, 0.717) is 13.1 Å². The Bertz CT molecular complexity index is 1130. The number of hydrogen-bond donors (Lipinski definition) is 0. The molecule has 0 fully saturated rings. The molecule has 0 aliphatic carbocycles. The summed E-state index contributed by atoms with van der Waals surface area (Å²) in [5.74, 6) is -2.02. The Kier molecular flexibility index (Phi) is 14.2. The van der Waals surface area contributed by atoms with Crippen molar-refractivity contribution in [3.8, 4) is 0 Å². The van der Waals surface area contributed by atoms with E-state index >= 15 is 0 Å². The number of benzene rings is 2. The maximum Gasteiger partial charge on any atom is 0.305 e.